The van der Waals surface area contributed by atoms with Crippen molar-refractivity contribution >= 4 is 0 Å². The van der Waals surface area contributed by atoms with Crippen LogP contribution in [0.25, 0.3) is 0 Å². The van der Waals surface area contributed by atoms with Gasteiger partial charge in [0.05, 0.1) is 6.10 Å². The predicted molar refractivity (Wildman–Crippen MR) is 44.2 cm³/mol. The van der Waals surface area contributed by atoms with Crippen LogP contribution in [0.15, 0.2) is 0 Å². The van der Waals surface area contributed by atoms with Crippen LogP contribution in [0, 0.1) is 0 Å². The average Bonchev–Trinajstić information content (AvgIpc) is 2.34. The third-order valence-electron chi connectivity index (χ3n) is 3.47. The molecule has 2 rings (SSSR count). The molecule has 17 heavy (non-hydrogen) atoms. The van der Waals surface area contributed by atoms with E-state index < -0.39 is 36.0 Å². The summed E-state index contributed by atoms with van der Waals surface area (Å²) >= 11 is 0. The number of aliphatic hydroxyl groups is 2. The molecule has 0 radical (unpaired) electrons. The van der Waals surface area contributed by atoms with Crippen molar-refractivity contribution in [1.29, 1.82) is 0 Å². The van der Waals surface area contributed by atoms with Gasteiger partial charge in [-0.3, -0.25) is 0 Å². The van der Waals surface area contributed by atoms with E-state index in [1.54, 1.807) is 0 Å². The normalized spacial score (nSPS) is 45.7. The van der Waals surface area contributed by atoms with E-state index in [4.69, 9.17) is 5.11 Å². The number of fused-ring (bicyclic) bond motifs is 1. The van der Waals surface area contributed by atoms with Crippen LogP contribution < -0.4 is 0 Å². The third-order valence-corrected chi connectivity index (χ3v) is 3.47. The van der Waals surface area contributed by atoms with Crippen molar-refractivity contribution in [3.63, 3.8) is 0 Å². The lowest BCUT2D eigenvalue weighted by Crippen LogP contribution is -2.64. The molecule has 0 aromatic heterocycles. The summed E-state index contributed by atoms with van der Waals surface area (Å²) in [6, 6.07) is 0. The van der Waals surface area contributed by atoms with Gasteiger partial charge in [0.2, 0.25) is 0 Å². The van der Waals surface area contributed by atoms with Gasteiger partial charge in [-0.2, -0.15) is 22.0 Å². The smallest absolute Gasteiger partial charge is 0.381 e. The second kappa shape index (κ2) is 3.30. The van der Waals surface area contributed by atoms with Crippen LogP contribution in [0.2, 0.25) is 0 Å². The SMILES string of the molecule is OC12CCCCC1OC(O)(C(F)(F)F)C2(F)F. The number of rotatable bonds is 0. The highest BCUT2D eigenvalue weighted by atomic mass is 19.4. The minimum atomic E-state index is -5.66. The lowest BCUT2D eigenvalue weighted by Gasteiger charge is -2.37. The van der Waals surface area contributed by atoms with E-state index in [-0.39, 0.29) is 12.8 Å². The molecule has 1 heterocycles. The number of hydrogen-bond donors (Lipinski definition) is 2. The lowest BCUT2D eigenvalue weighted by molar-refractivity contribution is -0.412. The summed E-state index contributed by atoms with van der Waals surface area (Å²) in [5.74, 6) is -9.38. The molecule has 2 fully saturated rings. The first-order chi connectivity index (χ1) is 7.56. The molecule has 1 saturated carbocycles. The molecule has 2 N–H and O–H groups in total. The minimum Gasteiger partial charge on any atom is -0.381 e. The molecule has 100 valence electrons. The van der Waals surface area contributed by atoms with Gasteiger partial charge in [-0.15, -0.1) is 0 Å². The van der Waals surface area contributed by atoms with E-state index in [1.165, 1.54) is 0 Å². The summed E-state index contributed by atoms with van der Waals surface area (Å²) < 4.78 is 68.8. The summed E-state index contributed by atoms with van der Waals surface area (Å²) in [6.07, 6.45) is -7.48. The zero-order chi connectivity index (χ0) is 13.1. The molecule has 8 heteroatoms. The van der Waals surface area contributed by atoms with Crippen LogP contribution in [-0.2, 0) is 4.74 Å². The summed E-state index contributed by atoms with van der Waals surface area (Å²) in [5, 5.41) is 18.8. The van der Waals surface area contributed by atoms with Crippen molar-refractivity contribution in [3.05, 3.63) is 0 Å². The van der Waals surface area contributed by atoms with Gasteiger partial charge >= 0.3 is 17.9 Å². The highest BCUT2D eigenvalue weighted by molar-refractivity contribution is 5.15. The van der Waals surface area contributed by atoms with Crippen molar-refractivity contribution in [2.45, 2.75) is 55.3 Å². The lowest BCUT2D eigenvalue weighted by atomic mass is 9.78. The Kier molecular flexibility index (Phi) is 2.52. The van der Waals surface area contributed by atoms with E-state index in [0.29, 0.717) is 6.42 Å². The van der Waals surface area contributed by atoms with Crippen molar-refractivity contribution in [2.24, 2.45) is 0 Å². The first kappa shape index (κ1) is 13.0. The highest BCUT2D eigenvalue weighted by Crippen LogP contribution is 2.59. The van der Waals surface area contributed by atoms with E-state index >= 15 is 0 Å². The quantitative estimate of drug-likeness (QED) is 0.651. The number of ether oxygens (including phenoxy) is 1. The largest absolute Gasteiger partial charge is 0.449 e. The van der Waals surface area contributed by atoms with Gasteiger partial charge < -0.3 is 14.9 Å². The van der Waals surface area contributed by atoms with Gasteiger partial charge in [0, 0.05) is 0 Å². The molecule has 2 aliphatic rings. The zero-order valence-corrected chi connectivity index (χ0v) is 8.60. The molecular formula is C9H11F5O3. The molecule has 1 saturated heterocycles. The van der Waals surface area contributed by atoms with Crippen LogP contribution in [0.5, 0.6) is 0 Å². The fourth-order valence-corrected chi connectivity index (χ4v) is 2.46. The zero-order valence-electron chi connectivity index (χ0n) is 8.60. The fourth-order valence-electron chi connectivity index (χ4n) is 2.46. The Hall–Kier alpha value is -0.470. The first-order valence-electron chi connectivity index (χ1n) is 5.13. The molecule has 3 atom stereocenters. The van der Waals surface area contributed by atoms with E-state index in [1.807, 2.05) is 0 Å². The minimum absolute atomic E-state index is 0.134. The van der Waals surface area contributed by atoms with Gasteiger partial charge in [0.25, 0.3) is 0 Å². The van der Waals surface area contributed by atoms with Crippen LogP contribution in [0.3, 0.4) is 0 Å². The van der Waals surface area contributed by atoms with E-state index in [9.17, 15) is 27.1 Å². The summed E-state index contributed by atoms with van der Waals surface area (Å²) in [6.45, 7) is 0. The Morgan fingerprint density at radius 1 is 1.12 bits per heavy atom. The van der Waals surface area contributed by atoms with Gasteiger partial charge in [0.15, 0.2) is 5.60 Å². The third kappa shape index (κ3) is 1.37. The number of halogens is 5. The standard InChI is InChI=1S/C9H11F5O3/c10-7(11)6(15)4-2-1-3-5(6)17-8(7,16)9(12,13)14/h5,15-16H,1-4H2. The molecule has 0 bridgehead atoms. The molecular weight excluding hydrogens is 251 g/mol. The Morgan fingerprint density at radius 3 is 2.18 bits per heavy atom. The maximum atomic E-state index is 13.7. The van der Waals surface area contributed by atoms with Crippen LogP contribution >= 0.6 is 0 Å². The van der Waals surface area contributed by atoms with Crippen molar-refractivity contribution in [3.8, 4) is 0 Å². The van der Waals surface area contributed by atoms with Gasteiger partial charge in [-0.1, -0.05) is 12.8 Å². The van der Waals surface area contributed by atoms with Crippen molar-refractivity contribution in [2.75, 3.05) is 0 Å². The molecule has 0 aromatic carbocycles. The second-order valence-corrected chi connectivity index (χ2v) is 4.49. The topological polar surface area (TPSA) is 49.7 Å². The monoisotopic (exact) mass is 262 g/mol. The molecule has 3 nitrogen and oxygen atoms in total. The van der Waals surface area contributed by atoms with Crippen LogP contribution in [0.1, 0.15) is 25.7 Å². The molecule has 1 aliphatic heterocycles. The molecule has 0 spiro atoms. The van der Waals surface area contributed by atoms with Crippen molar-refractivity contribution < 1.29 is 36.9 Å². The Bertz CT molecular complexity index is 331. The van der Waals surface area contributed by atoms with E-state index in [0.717, 1.165) is 0 Å². The molecule has 0 amide bonds. The molecule has 1 aliphatic carbocycles. The van der Waals surface area contributed by atoms with Crippen LogP contribution in [-0.4, -0.2) is 39.8 Å². The van der Waals surface area contributed by atoms with Crippen molar-refractivity contribution in [1.82, 2.24) is 0 Å². The summed E-state index contributed by atoms with van der Waals surface area (Å²) in [5.41, 5.74) is -2.95. The number of alkyl halides is 5. The first-order valence-corrected chi connectivity index (χ1v) is 5.13. The molecule has 3 unspecified atom stereocenters. The van der Waals surface area contributed by atoms with E-state index in [2.05, 4.69) is 4.74 Å². The highest BCUT2D eigenvalue weighted by Gasteiger charge is 2.84. The maximum Gasteiger partial charge on any atom is 0.449 e. The fraction of sp³-hybridized carbons (Fsp3) is 1.00. The summed E-state index contributed by atoms with van der Waals surface area (Å²) in [7, 11) is 0. The van der Waals surface area contributed by atoms with Gasteiger partial charge in [-0.05, 0) is 12.8 Å². The second-order valence-electron chi connectivity index (χ2n) is 4.49. The maximum absolute atomic E-state index is 13.7. The van der Waals surface area contributed by atoms with Crippen LogP contribution in [0.4, 0.5) is 22.0 Å². The molecule has 0 aromatic rings. The number of hydrogen-bond acceptors (Lipinski definition) is 3. The van der Waals surface area contributed by atoms with Gasteiger partial charge in [-0.25, -0.2) is 0 Å². The van der Waals surface area contributed by atoms with Gasteiger partial charge in [0.1, 0.15) is 0 Å². The average molecular weight is 262 g/mol. The Balaban J connectivity index is 2.47. The summed E-state index contributed by atoms with van der Waals surface area (Å²) in [4.78, 5) is 0. The Morgan fingerprint density at radius 2 is 1.71 bits per heavy atom. The predicted octanol–water partition coefficient (Wildman–Crippen LogP) is 1.58. The Labute approximate surface area is 93.2 Å².